The summed E-state index contributed by atoms with van der Waals surface area (Å²) in [6.45, 7) is 2.02. The van der Waals surface area contributed by atoms with Crippen molar-refractivity contribution in [3.63, 3.8) is 0 Å². The van der Waals surface area contributed by atoms with Gasteiger partial charge < -0.3 is 5.73 Å². The Balaban J connectivity index is 1.95. The Hall–Kier alpha value is -2.28. The molecule has 19 heavy (non-hydrogen) atoms. The van der Waals surface area contributed by atoms with E-state index in [9.17, 15) is 0 Å². The molecule has 0 amide bonds. The average Bonchev–Trinajstić information content (AvgIpc) is 3.07. The van der Waals surface area contributed by atoms with Crippen LogP contribution in [-0.2, 0) is 6.42 Å². The zero-order valence-electron chi connectivity index (χ0n) is 10.3. The van der Waals surface area contributed by atoms with Gasteiger partial charge in [0, 0.05) is 29.2 Å². The van der Waals surface area contributed by atoms with Crippen molar-refractivity contribution >= 4 is 17.2 Å². The molecule has 0 aliphatic rings. The number of aromatic nitrogens is 5. The van der Waals surface area contributed by atoms with Crippen LogP contribution in [0, 0.1) is 0 Å². The molecular weight excluding hydrogens is 260 g/mol. The molecule has 0 atom stereocenters. The van der Waals surface area contributed by atoms with E-state index in [1.165, 1.54) is 11.5 Å². The lowest BCUT2D eigenvalue weighted by Gasteiger charge is -1.96. The third-order valence-electron chi connectivity index (χ3n) is 2.61. The molecule has 0 spiro atoms. The number of rotatable bonds is 3. The Kier molecular flexibility index (Phi) is 2.96. The molecule has 2 heterocycles. The fourth-order valence-corrected chi connectivity index (χ4v) is 2.32. The summed E-state index contributed by atoms with van der Waals surface area (Å²) in [6, 6.07) is 7.48. The summed E-state index contributed by atoms with van der Waals surface area (Å²) in [5, 5.41) is 5.12. The molecule has 3 rings (SSSR count). The number of nitrogens with two attached hydrogens (primary N) is 1. The third-order valence-corrected chi connectivity index (χ3v) is 3.35. The summed E-state index contributed by atoms with van der Waals surface area (Å²) in [5.41, 5.74) is 7.33. The minimum absolute atomic E-state index is 0.626. The van der Waals surface area contributed by atoms with Gasteiger partial charge in [-0.1, -0.05) is 19.1 Å². The van der Waals surface area contributed by atoms with Crippen LogP contribution in [0.4, 0.5) is 5.69 Å². The Morgan fingerprint density at radius 1 is 1.37 bits per heavy atom. The molecule has 96 valence electrons. The van der Waals surface area contributed by atoms with Crippen LogP contribution in [0.1, 0.15) is 12.7 Å². The maximum atomic E-state index is 5.75. The quantitative estimate of drug-likeness (QED) is 0.737. The zero-order valence-corrected chi connectivity index (χ0v) is 11.1. The lowest BCUT2D eigenvalue weighted by molar-refractivity contribution is 0.855. The van der Waals surface area contributed by atoms with Gasteiger partial charge in [0.05, 0.1) is 0 Å². The molecule has 6 nitrogen and oxygen atoms in total. The number of benzene rings is 1. The molecule has 2 N–H and O–H groups in total. The second-order valence-corrected chi connectivity index (χ2v) is 4.72. The molecule has 7 heteroatoms. The van der Waals surface area contributed by atoms with Crippen molar-refractivity contribution in [1.29, 1.82) is 0 Å². The van der Waals surface area contributed by atoms with E-state index >= 15 is 0 Å². The highest BCUT2D eigenvalue weighted by molar-refractivity contribution is 7.08. The van der Waals surface area contributed by atoms with Gasteiger partial charge in [-0.05, 0) is 12.1 Å². The van der Waals surface area contributed by atoms with Gasteiger partial charge in [0.15, 0.2) is 5.82 Å². The summed E-state index contributed by atoms with van der Waals surface area (Å²) >= 11 is 1.31. The lowest BCUT2D eigenvalue weighted by atomic mass is 10.2. The van der Waals surface area contributed by atoms with Gasteiger partial charge in [0.2, 0.25) is 5.13 Å². The van der Waals surface area contributed by atoms with Gasteiger partial charge in [-0.3, -0.25) is 0 Å². The van der Waals surface area contributed by atoms with E-state index in [1.54, 1.807) is 11.0 Å². The number of anilines is 1. The maximum Gasteiger partial charge on any atom is 0.231 e. The Morgan fingerprint density at radius 3 is 3.00 bits per heavy atom. The van der Waals surface area contributed by atoms with E-state index < -0.39 is 0 Å². The van der Waals surface area contributed by atoms with Crippen molar-refractivity contribution in [3.8, 4) is 16.5 Å². The van der Waals surface area contributed by atoms with Crippen molar-refractivity contribution in [2.45, 2.75) is 13.3 Å². The van der Waals surface area contributed by atoms with E-state index in [0.29, 0.717) is 11.5 Å². The fraction of sp³-hybridized carbons (Fsp3) is 0.167. The highest BCUT2D eigenvalue weighted by atomic mass is 32.1. The Morgan fingerprint density at radius 2 is 2.26 bits per heavy atom. The van der Waals surface area contributed by atoms with Crippen molar-refractivity contribution in [1.82, 2.24) is 24.1 Å². The first kappa shape index (κ1) is 11.8. The monoisotopic (exact) mass is 272 g/mol. The van der Waals surface area contributed by atoms with Crippen LogP contribution in [0.25, 0.3) is 16.5 Å². The first-order valence-electron chi connectivity index (χ1n) is 5.87. The van der Waals surface area contributed by atoms with Crippen LogP contribution in [0.15, 0.2) is 30.6 Å². The van der Waals surface area contributed by atoms with E-state index in [2.05, 4.69) is 19.4 Å². The van der Waals surface area contributed by atoms with Gasteiger partial charge >= 0.3 is 0 Å². The molecule has 2 aromatic heterocycles. The summed E-state index contributed by atoms with van der Waals surface area (Å²) in [4.78, 5) is 8.64. The molecule has 1 aromatic carbocycles. The standard InChI is InChI=1S/C12H12N6S/c1-2-10-15-12(19-17-10)18-7-14-11(16-18)8-4-3-5-9(13)6-8/h3-7H,2,13H2,1H3. The SMILES string of the molecule is CCc1nsc(-n2cnc(-c3cccc(N)c3)n2)n1. The van der Waals surface area contributed by atoms with Crippen LogP contribution >= 0.6 is 11.5 Å². The fourth-order valence-electron chi connectivity index (χ4n) is 1.65. The van der Waals surface area contributed by atoms with E-state index in [1.807, 2.05) is 31.2 Å². The summed E-state index contributed by atoms with van der Waals surface area (Å²) < 4.78 is 5.86. The second-order valence-electron chi connectivity index (χ2n) is 3.98. The van der Waals surface area contributed by atoms with Gasteiger partial charge in [-0.15, -0.1) is 5.10 Å². The molecule has 0 bridgehead atoms. The van der Waals surface area contributed by atoms with Crippen LogP contribution in [0.2, 0.25) is 0 Å². The molecule has 0 aliphatic heterocycles. The first-order valence-corrected chi connectivity index (χ1v) is 6.64. The number of nitrogens with zero attached hydrogens (tertiary/aromatic N) is 5. The molecule has 0 saturated heterocycles. The highest BCUT2D eigenvalue weighted by Crippen LogP contribution is 2.18. The first-order chi connectivity index (χ1) is 9.26. The molecule has 0 saturated carbocycles. The summed E-state index contributed by atoms with van der Waals surface area (Å²) in [7, 11) is 0. The smallest absolute Gasteiger partial charge is 0.231 e. The molecule has 0 fully saturated rings. The van der Waals surface area contributed by atoms with Crippen LogP contribution in [0.3, 0.4) is 0 Å². The van der Waals surface area contributed by atoms with Crippen LogP contribution in [-0.4, -0.2) is 24.1 Å². The number of aryl methyl sites for hydroxylation is 1. The van der Waals surface area contributed by atoms with E-state index in [-0.39, 0.29) is 0 Å². The maximum absolute atomic E-state index is 5.75. The van der Waals surface area contributed by atoms with Crippen LogP contribution < -0.4 is 5.73 Å². The molecule has 3 aromatic rings. The average molecular weight is 272 g/mol. The van der Waals surface area contributed by atoms with Crippen molar-refractivity contribution in [2.75, 3.05) is 5.73 Å². The molecule has 0 unspecified atom stereocenters. The Labute approximate surface area is 114 Å². The van der Waals surface area contributed by atoms with Crippen LogP contribution in [0.5, 0.6) is 0 Å². The topological polar surface area (TPSA) is 82.5 Å². The predicted molar refractivity (Wildman–Crippen MR) is 74.1 cm³/mol. The number of hydrogen-bond acceptors (Lipinski definition) is 6. The predicted octanol–water partition coefficient (Wildman–Crippen LogP) is 1.93. The second kappa shape index (κ2) is 4.77. The third kappa shape index (κ3) is 2.32. The van der Waals surface area contributed by atoms with E-state index in [4.69, 9.17) is 5.73 Å². The van der Waals surface area contributed by atoms with Crippen molar-refractivity contribution in [3.05, 3.63) is 36.4 Å². The van der Waals surface area contributed by atoms with Crippen molar-refractivity contribution in [2.24, 2.45) is 0 Å². The normalized spacial score (nSPS) is 10.8. The lowest BCUT2D eigenvalue weighted by Crippen LogP contribution is -1.95. The largest absolute Gasteiger partial charge is 0.399 e. The van der Waals surface area contributed by atoms with Gasteiger partial charge in [-0.25, -0.2) is 9.97 Å². The van der Waals surface area contributed by atoms with Gasteiger partial charge in [-0.2, -0.15) is 9.06 Å². The Bertz CT molecular complexity index is 702. The van der Waals surface area contributed by atoms with Gasteiger partial charge in [0.25, 0.3) is 0 Å². The minimum Gasteiger partial charge on any atom is -0.399 e. The molecule has 0 aliphatic carbocycles. The summed E-state index contributed by atoms with van der Waals surface area (Å²) in [6.07, 6.45) is 2.45. The molecular formula is C12H12N6S. The number of nitrogen functional groups attached to an aromatic ring is 1. The van der Waals surface area contributed by atoms with E-state index in [0.717, 1.165) is 22.9 Å². The zero-order chi connectivity index (χ0) is 13.2. The summed E-state index contributed by atoms with van der Waals surface area (Å²) in [5.74, 6) is 1.45. The highest BCUT2D eigenvalue weighted by Gasteiger charge is 2.09. The van der Waals surface area contributed by atoms with Gasteiger partial charge in [0.1, 0.15) is 12.2 Å². The number of hydrogen-bond donors (Lipinski definition) is 1. The van der Waals surface area contributed by atoms with Crippen molar-refractivity contribution < 1.29 is 0 Å². The molecule has 0 radical (unpaired) electrons. The minimum atomic E-state index is 0.626.